The molecule has 14 heavy (non-hydrogen) atoms. The highest BCUT2D eigenvalue weighted by Gasteiger charge is 2.06. The third-order valence-electron chi connectivity index (χ3n) is 2.50. The number of hydrogen-bond acceptors (Lipinski definition) is 2. The Balaban J connectivity index is 2.68. The van der Waals surface area contributed by atoms with Gasteiger partial charge in [-0.25, -0.2) is 0 Å². The molecule has 0 saturated carbocycles. The van der Waals surface area contributed by atoms with Gasteiger partial charge in [-0.05, 0) is 39.3 Å². The number of hydroxylamine groups is 1. The Kier molecular flexibility index (Phi) is 4.17. The van der Waals surface area contributed by atoms with E-state index >= 15 is 0 Å². The maximum absolute atomic E-state index is 5.12. The molecule has 0 unspecified atom stereocenters. The third-order valence-corrected chi connectivity index (χ3v) is 2.50. The summed E-state index contributed by atoms with van der Waals surface area (Å²) in [6.07, 6.45) is 0. The van der Waals surface area contributed by atoms with Crippen LogP contribution in [0.5, 0.6) is 0 Å². The molecule has 0 spiro atoms. The van der Waals surface area contributed by atoms with Crippen LogP contribution in [0.15, 0.2) is 6.07 Å². The summed E-state index contributed by atoms with van der Waals surface area (Å²) in [6, 6.07) is 2.21. The molecule has 3 nitrogen and oxygen atoms in total. The Bertz CT molecular complexity index is 292. The van der Waals surface area contributed by atoms with Crippen LogP contribution in [-0.4, -0.2) is 11.2 Å². The van der Waals surface area contributed by atoms with E-state index in [0.29, 0.717) is 6.61 Å². The van der Waals surface area contributed by atoms with Crippen molar-refractivity contribution in [2.45, 2.75) is 40.8 Å². The normalized spacial score (nSPS) is 10.9. The van der Waals surface area contributed by atoms with Crippen molar-refractivity contribution in [3.8, 4) is 0 Å². The van der Waals surface area contributed by atoms with E-state index in [1.165, 1.54) is 17.0 Å². The van der Waals surface area contributed by atoms with Crippen molar-refractivity contribution >= 4 is 0 Å². The first-order chi connectivity index (χ1) is 6.70. The van der Waals surface area contributed by atoms with Crippen LogP contribution < -0.4 is 5.48 Å². The molecule has 0 aromatic carbocycles. The minimum atomic E-state index is 0.701. The Morgan fingerprint density at radius 3 is 2.57 bits per heavy atom. The van der Waals surface area contributed by atoms with Crippen LogP contribution in [0.3, 0.4) is 0 Å². The smallest absolute Gasteiger partial charge is 0.0654 e. The molecular formula is C11H20N2O. The predicted molar refractivity (Wildman–Crippen MR) is 58.0 cm³/mol. The molecule has 3 heteroatoms. The molecule has 1 heterocycles. The standard InChI is InChI=1S/C11H20N2O/c1-5-13-9(3)7-11(10(13)4)8-12-14-6-2/h7,12H,5-6,8H2,1-4H3. The van der Waals surface area contributed by atoms with Gasteiger partial charge in [0.15, 0.2) is 0 Å². The minimum Gasteiger partial charge on any atom is -0.349 e. The number of rotatable bonds is 5. The largest absolute Gasteiger partial charge is 0.349 e. The van der Waals surface area contributed by atoms with E-state index in [0.717, 1.165) is 13.1 Å². The van der Waals surface area contributed by atoms with Crippen LogP contribution in [-0.2, 0) is 17.9 Å². The van der Waals surface area contributed by atoms with Gasteiger partial charge in [-0.3, -0.25) is 0 Å². The second-order valence-electron chi connectivity index (χ2n) is 3.39. The molecule has 0 aliphatic heterocycles. The van der Waals surface area contributed by atoms with Crippen molar-refractivity contribution in [1.82, 2.24) is 10.0 Å². The second kappa shape index (κ2) is 5.17. The number of nitrogens with one attached hydrogen (secondary N) is 1. The van der Waals surface area contributed by atoms with Gasteiger partial charge in [0.2, 0.25) is 0 Å². The maximum atomic E-state index is 5.12. The van der Waals surface area contributed by atoms with Gasteiger partial charge in [0.25, 0.3) is 0 Å². The molecule has 0 amide bonds. The van der Waals surface area contributed by atoms with E-state index < -0.39 is 0 Å². The van der Waals surface area contributed by atoms with Crippen LogP contribution in [0.2, 0.25) is 0 Å². The summed E-state index contributed by atoms with van der Waals surface area (Å²) in [4.78, 5) is 5.12. The zero-order valence-electron chi connectivity index (χ0n) is 9.55. The molecule has 0 saturated heterocycles. The van der Waals surface area contributed by atoms with Crippen molar-refractivity contribution in [2.24, 2.45) is 0 Å². The predicted octanol–water partition coefficient (Wildman–Crippen LogP) is 2.17. The Hall–Kier alpha value is -0.800. The van der Waals surface area contributed by atoms with Crippen molar-refractivity contribution in [3.05, 3.63) is 23.0 Å². The van der Waals surface area contributed by atoms with Gasteiger partial charge in [-0.15, -0.1) is 0 Å². The Morgan fingerprint density at radius 1 is 1.36 bits per heavy atom. The average molecular weight is 196 g/mol. The summed E-state index contributed by atoms with van der Waals surface area (Å²) in [5.74, 6) is 0. The lowest BCUT2D eigenvalue weighted by Gasteiger charge is -2.06. The first kappa shape index (κ1) is 11.3. The molecule has 0 fully saturated rings. The summed E-state index contributed by atoms with van der Waals surface area (Å²) >= 11 is 0. The van der Waals surface area contributed by atoms with Crippen LogP contribution in [0.25, 0.3) is 0 Å². The highest BCUT2D eigenvalue weighted by molar-refractivity contribution is 5.26. The maximum Gasteiger partial charge on any atom is 0.0654 e. The van der Waals surface area contributed by atoms with Crippen molar-refractivity contribution < 1.29 is 4.84 Å². The molecular weight excluding hydrogens is 176 g/mol. The van der Waals surface area contributed by atoms with Gasteiger partial charge in [0.05, 0.1) is 6.61 Å². The van der Waals surface area contributed by atoms with Crippen LogP contribution in [0.1, 0.15) is 30.8 Å². The molecule has 1 aromatic heterocycles. The van der Waals surface area contributed by atoms with Gasteiger partial charge < -0.3 is 9.40 Å². The highest BCUT2D eigenvalue weighted by Crippen LogP contribution is 2.14. The average Bonchev–Trinajstić information content (AvgIpc) is 2.42. The topological polar surface area (TPSA) is 26.2 Å². The monoisotopic (exact) mass is 196 g/mol. The molecule has 80 valence electrons. The quantitative estimate of drug-likeness (QED) is 0.577. The Labute approximate surface area is 86.0 Å². The molecule has 1 rings (SSSR count). The molecule has 0 atom stereocenters. The van der Waals surface area contributed by atoms with Crippen molar-refractivity contribution in [1.29, 1.82) is 0 Å². The van der Waals surface area contributed by atoms with E-state index in [1.54, 1.807) is 0 Å². The summed E-state index contributed by atoms with van der Waals surface area (Å²) in [5.41, 5.74) is 6.91. The van der Waals surface area contributed by atoms with E-state index in [4.69, 9.17) is 4.84 Å². The van der Waals surface area contributed by atoms with E-state index in [9.17, 15) is 0 Å². The van der Waals surface area contributed by atoms with Crippen molar-refractivity contribution in [3.63, 3.8) is 0 Å². The minimum absolute atomic E-state index is 0.701. The van der Waals surface area contributed by atoms with Crippen LogP contribution in [0, 0.1) is 13.8 Å². The molecule has 0 bridgehead atoms. The summed E-state index contributed by atoms with van der Waals surface area (Å²) < 4.78 is 2.31. The van der Waals surface area contributed by atoms with Gasteiger partial charge >= 0.3 is 0 Å². The van der Waals surface area contributed by atoms with Gasteiger partial charge in [0, 0.05) is 24.5 Å². The van der Waals surface area contributed by atoms with E-state index in [1.807, 2.05) is 6.92 Å². The SMILES string of the molecule is CCONCc1cc(C)n(CC)c1C. The Morgan fingerprint density at radius 2 is 2.07 bits per heavy atom. The molecule has 0 aliphatic rings. The molecule has 1 N–H and O–H groups in total. The number of nitrogens with zero attached hydrogens (tertiary/aromatic N) is 1. The second-order valence-corrected chi connectivity index (χ2v) is 3.39. The first-order valence-electron chi connectivity index (χ1n) is 5.20. The van der Waals surface area contributed by atoms with E-state index in [2.05, 4.69) is 36.9 Å². The summed E-state index contributed by atoms with van der Waals surface area (Å²) in [6.45, 7) is 11.0. The highest BCUT2D eigenvalue weighted by atomic mass is 16.6. The lowest BCUT2D eigenvalue weighted by molar-refractivity contribution is 0.0462. The third kappa shape index (κ3) is 2.36. The summed E-state index contributed by atoms with van der Waals surface area (Å²) in [7, 11) is 0. The number of aryl methyl sites for hydroxylation is 1. The van der Waals surface area contributed by atoms with Crippen molar-refractivity contribution in [2.75, 3.05) is 6.61 Å². The first-order valence-corrected chi connectivity index (χ1v) is 5.20. The zero-order chi connectivity index (χ0) is 10.6. The van der Waals surface area contributed by atoms with Crippen LogP contribution in [0.4, 0.5) is 0 Å². The molecule has 0 radical (unpaired) electrons. The fourth-order valence-electron chi connectivity index (χ4n) is 1.77. The lowest BCUT2D eigenvalue weighted by atomic mass is 10.2. The van der Waals surface area contributed by atoms with E-state index in [-0.39, 0.29) is 0 Å². The van der Waals surface area contributed by atoms with Crippen LogP contribution >= 0.6 is 0 Å². The van der Waals surface area contributed by atoms with Gasteiger partial charge in [-0.2, -0.15) is 5.48 Å². The lowest BCUT2D eigenvalue weighted by Crippen LogP contribution is -2.14. The summed E-state index contributed by atoms with van der Waals surface area (Å²) in [5, 5.41) is 0. The fraction of sp³-hybridized carbons (Fsp3) is 0.636. The van der Waals surface area contributed by atoms with Gasteiger partial charge in [-0.1, -0.05) is 0 Å². The number of hydrogen-bond donors (Lipinski definition) is 1. The zero-order valence-corrected chi connectivity index (χ0v) is 9.55. The van der Waals surface area contributed by atoms with Gasteiger partial charge in [0.1, 0.15) is 0 Å². The fourth-order valence-corrected chi connectivity index (χ4v) is 1.77. The number of aromatic nitrogens is 1. The molecule has 1 aromatic rings. The molecule has 0 aliphatic carbocycles.